The van der Waals surface area contributed by atoms with E-state index in [1.165, 1.54) is 38.6 Å². The molecule has 154 valence electrons. The molecule has 1 nitrogen and oxygen atoms in total. The van der Waals surface area contributed by atoms with Gasteiger partial charge in [0.1, 0.15) is 0 Å². The molecule has 1 atom stereocenters. The molecule has 1 heteroatoms. The van der Waals surface area contributed by atoms with Gasteiger partial charge in [-0.05, 0) is 64.1 Å². The number of nitrogens with two attached hydrogens (primary N) is 1. The Kier molecular flexibility index (Phi) is 6.45. The number of aryl methyl sites for hydroxylation is 1. The second kappa shape index (κ2) is 9.59. The van der Waals surface area contributed by atoms with Gasteiger partial charge in [-0.2, -0.15) is 0 Å². The SMILES string of the molecule is C/C=C\C=C(/c1ccccc1)C(c1ccc2cc(CN)ccc2c1)c1ccccc1C. The van der Waals surface area contributed by atoms with Crippen LogP contribution in [0.4, 0.5) is 0 Å². The summed E-state index contributed by atoms with van der Waals surface area (Å²) >= 11 is 0. The second-order valence-corrected chi connectivity index (χ2v) is 7.95. The van der Waals surface area contributed by atoms with E-state index >= 15 is 0 Å². The predicted octanol–water partition coefficient (Wildman–Crippen LogP) is 7.40. The van der Waals surface area contributed by atoms with Gasteiger partial charge in [0.05, 0.1) is 0 Å². The summed E-state index contributed by atoms with van der Waals surface area (Å²) in [5.74, 6) is 0.137. The molecule has 0 aliphatic carbocycles. The zero-order valence-electron chi connectivity index (χ0n) is 18.3. The van der Waals surface area contributed by atoms with Crippen LogP contribution in [0.2, 0.25) is 0 Å². The quantitative estimate of drug-likeness (QED) is 0.334. The Labute approximate surface area is 185 Å². The number of rotatable bonds is 6. The highest BCUT2D eigenvalue weighted by molar-refractivity contribution is 5.86. The van der Waals surface area contributed by atoms with Crippen LogP contribution in [-0.2, 0) is 6.54 Å². The molecule has 0 amide bonds. The van der Waals surface area contributed by atoms with Gasteiger partial charge in [-0.3, -0.25) is 0 Å². The highest BCUT2D eigenvalue weighted by Crippen LogP contribution is 2.40. The van der Waals surface area contributed by atoms with Gasteiger partial charge < -0.3 is 5.73 Å². The standard InChI is InChI=1S/C30H29N/c1-3-4-13-29(24-11-6-5-7-12-24)30(28-14-9-8-10-22(28)2)27-18-17-25-19-23(21-31)15-16-26(25)20-27/h3-20,30H,21,31H2,1-2H3/b4-3-,29-13+. The molecule has 0 fully saturated rings. The van der Waals surface area contributed by atoms with E-state index in [1.54, 1.807) is 0 Å². The van der Waals surface area contributed by atoms with Crippen molar-refractivity contribution < 1.29 is 0 Å². The lowest BCUT2D eigenvalue weighted by Crippen LogP contribution is -2.07. The van der Waals surface area contributed by atoms with Crippen molar-refractivity contribution in [3.63, 3.8) is 0 Å². The van der Waals surface area contributed by atoms with Gasteiger partial charge in [0.25, 0.3) is 0 Å². The van der Waals surface area contributed by atoms with Crippen LogP contribution < -0.4 is 5.73 Å². The van der Waals surface area contributed by atoms with Crippen molar-refractivity contribution in [3.05, 3.63) is 137 Å². The Hall–Kier alpha value is -3.42. The minimum absolute atomic E-state index is 0.137. The molecule has 4 aromatic rings. The molecule has 0 heterocycles. The molecule has 31 heavy (non-hydrogen) atoms. The van der Waals surface area contributed by atoms with Gasteiger partial charge >= 0.3 is 0 Å². The Morgan fingerprint density at radius 3 is 2.29 bits per heavy atom. The molecule has 1 unspecified atom stereocenters. The van der Waals surface area contributed by atoms with E-state index in [2.05, 4.69) is 123 Å². The second-order valence-electron chi connectivity index (χ2n) is 7.95. The third-order valence-corrected chi connectivity index (χ3v) is 5.88. The highest BCUT2D eigenvalue weighted by atomic mass is 14.5. The van der Waals surface area contributed by atoms with Crippen LogP contribution in [-0.4, -0.2) is 0 Å². The average molecular weight is 404 g/mol. The van der Waals surface area contributed by atoms with Gasteiger partial charge in [-0.15, -0.1) is 0 Å². The van der Waals surface area contributed by atoms with Crippen molar-refractivity contribution in [1.82, 2.24) is 0 Å². The molecule has 4 aromatic carbocycles. The summed E-state index contributed by atoms with van der Waals surface area (Å²) in [7, 11) is 0. The number of allylic oxidation sites excluding steroid dienone is 4. The number of hydrogen-bond acceptors (Lipinski definition) is 1. The molecule has 0 spiro atoms. The minimum atomic E-state index is 0.137. The van der Waals surface area contributed by atoms with E-state index in [1.807, 2.05) is 0 Å². The maximum absolute atomic E-state index is 5.85. The van der Waals surface area contributed by atoms with Crippen LogP contribution in [0.3, 0.4) is 0 Å². The van der Waals surface area contributed by atoms with E-state index < -0.39 is 0 Å². The van der Waals surface area contributed by atoms with Gasteiger partial charge in [0.2, 0.25) is 0 Å². The summed E-state index contributed by atoms with van der Waals surface area (Å²) in [6.45, 7) is 4.83. The van der Waals surface area contributed by atoms with E-state index in [0.29, 0.717) is 6.54 Å². The summed E-state index contributed by atoms with van der Waals surface area (Å²) in [6.07, 6.45) is 6.49. The van der Waals surface area contributed by atoms with Crippen molar-refractivity contribution in [3.8, 4) is 0 Å². The molecule has 0 aliphatic heterocycles. The zero-order valence-corrected chi connectivity index (χ0v) is 18.3. The number of hydrogen-bond donors (Lipinski definition) is 1. The van der Waals surface area contributed by atoms with E-state index in [0.717, 1.165) is 5.56 Å². The summed E-state index contributed by atoms with van der Waals surface area (Å²) in [5, 5.41) is 2.47. The van der Waals surface area contributed by atoms with Crippen LogP contribution in [0.5, 0.6) is 0 Å². The Morgan fingerprint density at radius 2 is 1.55 bits per heavy atom. The summed E-state index contributed by atoms with van der Waals surface area (Å²) in [6, 6.07) is 32.8. The first-order valence-electron chi connectivity index (χ1n) is 10.9. The first-order chi connectivity index (χ1) is 15.2. The maximum Gasteiger partial charge on any atom is 0.0348 e. The summed E-state index contributed by atoms with van der Waals surface area (Å²) in [4.78, 5) is 0. The molecular weight excluding hydrogens is 374 g/mol. The molecule has 0 saturated carbocycles. The van der Waals surface area contributed by atoms with E-state index in [9.17, 15) is 0 Å². The van der Waals surface area contributed by atoms with Gasteiger partial charge in [-0.1, -0.05) is 103 Å². The molecule has 0 bridgehead atoms. The van der Waals surface area contributed by atoms with Crippen molar-refractivity contribution in [1.29, 1.82) is 0 Å². The number of fused-ring (bicyclic) bond motifs is 1. The summed E-state index contributed by atoms with van der Waals surface area (Å²) in [5.41, 5.74) is 13.5. The normalized spacial score (nSPS) is 13.1. The molecule has 0 aromatic heterocycles. The molecule has 0 saturated heterocycles. The lowest BCUT2D eigenvalue weighted by atomic mass is 9.79. The Morgan fingerprint density at radius 1 is 0.839 bits per heavy atom. The van der Waals surface area contributed by atoms with E-state index in [4.69, 9.17) is 5.73 Å². The highest BCUT2D eigenvalue weighted by Gasteiger charge is 2.22. The fraction of sp³-hybridized carbons (Fsp3) is 0.133. The zero-order chi connectivity index (χ0) is 21.6. The molecule has 4 rings (SSSR count). The van der Waals surface area contributed by atoms with Crippen molar-refractivity contribution in [2.75, 3.05) is 0 Å². The third-order valence-electron chi connectivity index (χ3n) is 5.88. The first-order valence-corrected chi connectivity index (χ1v) is 10.9. The fourth-order valence-electron chi connectivity index (χ4n) is 4.25. The minimum Gasteiger partial charge on any atom is -0.326 e. The third kappa shape index (κ3) is 4.52. The maximum atomic E-state index is 5.85. The lowest BCUT2D eigenvalue weighted by molar-refractivity contribution is 1.03. The number of benzene rings is 4. The lowest BCUT2D eigenvalue weighted by Gasteiger charge is -2.24. The van der Waals surface area contributed by atoms with Crippen LogP contribution >= 0.6 is 0 Å². The van der Waals surface area contributed by atoms with Crippen molar-refractivity contribution in [2.24, 2.45) is 5.73 Å². The van der Waals surface area contributed by atoms with Gasteiger partial charge in [0.15, 0.2) is 0 Å². The smallest absolute Gasteiger partial charge is 0.0348 e. The first kappa shape index (κ1) is 20.8. The van der Waals surface area contributed by atoms with Crippen LogP contribution in [0.25, 0.3) is 16.3 Å². The Bertz CT molecular complexity index is 1230. The fourth-order valence-corrected chi connectivity index (χ4v) is 4.25. The molecular formula is C30H29N. The largest absolute Gasteiger partial charge is 0.326 e. The van der Waals surface area contributed by atoms with Crippen LogP contribution in [0.1, 0.15) is 40.7 Å². The van der Waals surface area contributed by atoms with Crippen molar-refractivity contribution >= 4 is 16.3 Å². The van der Waals surface area contributed by atoms with Crippen LogP contribution in [0, 0.1) is 6.92 Å². The van der Waals surface area contributed by atoms with Crippen LogP contribution in [0.15, 0.2) is 109 Å². The topological polar surface area (TPSA) is 26.0 Å². The predicted molar refractivity (Wildman–Crippen MR) is 134 cm³/mol. The van der Waals surface area contributed by atoms with Crippen molar-refractivity contribution in [2.45, 2.75) is 26.3 Å². The van der Waals surface area contributed by atoms with Gasteiger partial charge in [0, 0.05) is 12.5 Å². The molecule has 2 N–H and O–H groups in total. The van der Waals surface area contributed by atoms with Gasteiger partial charge in [-0.25, -0.2) is 0 Å². The molecule has 0 aliphatic rings. The molecule has 0 radical (unpaired) electrons. The Balaban J connectivity index is 1.95. The monoisotopic (exact) mass is 403 g/mol. The average Bonchev–Trinajstić information content (AvgIpc) is 2.82. The summed E-state index contributed by atoms with van der Waals surface area (Å²) < 4.78 is 0. The van der Waals surface area contributed by atoms with E-state index in [-0.39, 0.29) is 5.92 Å².